The lowest BCUT2D eigenvalue weighted by Gasteiger charge is -2.12. The number of halogens is 3. The van der Waals surface area contributed by atoms with Gasteiger partial charge in [0.2, 0.25) is 5.88 Å². The fraction of sp³-hybridized carbons (Fsp3) is 0.182. The number of hydrogen-bond acceptors (Lipinski definition) is 5. The van der Waals surface area contributed by atoms with Gasteiger partial charge in [-0.3, -0.25) is 9.55 Å². The maximum atomic E-state index is 13.2. The minimum absolute atomic E-state index is 0.0900. The van der Waals surface area contributed by atoms with Crippen molar-refractivity contribution < 1.29 is 27.8 Å². The highest BCUT2D eigenvalue weighted by molar-refractivity contribution is 5.84. The Morgan fingerprint density at radius 1 is 1.09 bits per heavy atom. The zero-order valence-electron chi connectivity index (χ0n) is 17.1. The number of para-hydroxylation sites is 1. The smallest absolute Gasteiger partial charge is 0.495 e. The molecule has 0 amide bonds. The molecule has 7 nitrogen and oxygen atoms in total. The van der Waals surface area contributed by atoms with E-state index in [0.29, 0.717) is 11.3 Å². The van der Waals surface area contributed by atoms with E-state index in [1.807, 2.05) is 24.3 Å². The van der Waals surface area contributed by atoms with E-state index in [1.54, 1.807) is 13.1 Å². The minimum atomic E-state index is -4.83. The summed E-state index contributed by atoms with van der Waals surface area (Å²) >= 11 is 0. The van der Waals surface area contributed by atoms with Gasteiger partial charge in [0.1, 0.15) is 11.5 Å². The van der Waals surface area contributed by atoms with Crippen LogP contribution in [-0.4, -0.2) is 32.7 Å². The molecule has 10 heteroatoms. The van der Waals surface area contributed by atoms with Gasteiger partial charge in [-0.15, -0.1) is 13.2 Å². The van der Waals surface area contributed by atoms with Crippen LogP contribution >= 0.6 is 0 Å². The van der Waals surface area contributed by atoms with E-state index >= 15 is 0 Å². The molecule has 0 bridgehead atoms. The third-order valence-corrected chi connectivity index (χ3v) is 5.07. The SMILES string of the molecule is COc1cnc2ccccc2c1Cn1c(C)c(O)n(-c2ccc(OC(F)(F)F)cc2)c1=O. The van der Waals surface area contributed by atoms with Gasteiger partial charge in [0, 0.05) is 10.9 Å². The normalized spacial score (nSPS) is 11.7. The predicted molar refractivity (Wildman–Crippen MR) is 111 cm³/mol. The summed E-state index contributed by atoms with van der Waals surface area (Å²) in [5.41, 5.74) is 1.34. The van der Waals surface area contributed by atoms with Crippen LogP contribution < -0.4 is 15.2 Å². The quantitative estimate of drug-likeness (QED) is 0.499. The number of methoxy groups -OCH3 is 1. The second-order valence-corrected chi connectivity index (χ2v) is 6.98. The second kappa shape index (κ2) is 7.95. The Morgan fingerprint density at radius 2 is 1.78 bits per heavy atom. The molecule has 0 saturated carbocycles. The summed E-state index contributed by atoms with van der Waals surface area (Å²) in [6.45, 7) is 1.66. The molecule has 1 N–H and O–H groups in total. The molecule has 2 aromatic carbocycles. The molecule has 0 aliphatic rings. The van der Waals surface area contributed by atoms with Crippen molar-refractivity contribution >= 4 is 10.9 Å². The molecule has 0 aliphatic carbocycles. The molecule has 0 aliphatic heterocycles. The maximum Gasteiger partial charge on any atom is 0.573 e. The molecule has 0 saturated heterocycles. The molecule has 2 aromatic heterocycles. The van der Waals surface area contributed by atoms with Crippen molar-refractivity contribution in [3.8, 4) is 23.1 Å². The summed E-state index contributed by atoms with van der Waals surface area (Å²) in [6, 6.07) is 12.0. The third kappa shape index (κ3) is 3.86. The van der Waals surface area contributed by atoms with Gasteiger partial charge < -0.3 is 14.6 Å². The fourth-order valence-corrected chi connectivity index (χ4v) is 3.53. The highest BCUT2D eigenvalue weighted by Crippen LogP contribution is 2.29. The number of hydrogen-bond donors (Lipinski definition) is 1. The van der Waals surface area contributed by atoms with Crippen molar-refractivity contribution in [2.24, 2.45) is 0 Å². The average molecular weight is 445 g/mol. The first-order valence-corrected chi connectivity index (χ1v) is 9.47. The zero-order valence-corrected chi connectivity index (χ0v) is 17.1. The maximum absolute atomic E-state index is 13.2. The van der Waals surface area contributed by atoms with E-state index in [0.717, 1.165) is 27.6 Å². The Bertz CT molecular complexity index is 1340. The molecular weight excluding hydrogens is 427 g/mol. The lowest BCUT2D eigenvalue weighted by atomic mass is 10.1. The van der Waals surface area contributed by atoms with Crippen LogP contribution in [0.2, 0.25) is 0 Å². The lowest BCUT2D eigenvalue weighted by Crippen LogP contribution is -2.24. The monoisotopic (exact) mass is 445 g/mol. The Kier molecular flexibility index (Phi) is 5.29. The van der Waals surface area contributed by atoms with Gasteiger partial charge in [-0.2, -0.15) is 0 Å². The third-order valence-electron chi connectivity index (χ3n) is 5.07. The lowest BCUT2D eigenvalue weighted by molar-refractivity contribution is -0.274. The summed E-state index contributed by atoms with van der Waals surface area (Å²) in [4.78, 5) is 17.5. The van der Waals surface area contributed by atoms with Crippen molar-refractivity contribution in [3.63, 3.8) is 0 Å². The molecule has 0 atom stereocenters. The van der Waals surface area contributed by atoms with Crippen LogP contribution in [0.25, 0.3) is 16.6 Å². The molecule has 4 rings (SSSR count). The van der Waals surface area contributed by atoms with Crippen LogP contribution in [0.15, 0.2) is 59.5 Å². The molecule has 0 unspecified atom stereocenters. The van der Waals surface area contributed by atoms with Crippen LogP contribution in [0, 0.1) is 6.92 Å². The fourth-order valence-electron chi connectivity index (χ4n) is 3.53. The number of fused-ring (bicyclic) bond motifs is 1. The van der Waals surface area contributed by atoms with Gasteiger partial charge in [0.25, 0.3) is 0 Å². The van der Waals surface area contributed by atoms with Crippen molar-refractivity contribution in [2.45, 2.75) is 19.8 Å². The van der Waals surface area contributed by atoms with E-state index in [-0.39, 0.29) is 23.8 Å². The molecule has 2 heterocycles. The van der Waals surface area contributed by atoms with E-state index in [9.17, 15) is 23.1 Å². The van der Waals surface area contributed by atoms with Gasteiger partial charge in [-0.05, 0) is 37.3 Å². The van der Waals surface area contributed by atoms with Crippen molar-refractivity contribution in [2.75, 3.05) is 7.11 Å². The van der Waals surface area contributed by atoms with Crippen LogP contribution in [-0.2, 0) is 6.54 Å². The highest BCUT2D eigenvalue weighted by Gasteiger charge is 2.31. The van der Waals surface area contributed by atoms with Crippen molar-refractivity contribution in [1.82, 2.24) is 14.1 Å². The largest absolute Gasteiger partial charge is 0.573 e. The van der Waals surface area contributed by atoms with Gasteiger partial charge in [0.15, 0.2) is 0 Å². The average Bonchev–Trinajstić information content (AvgIpc) is 2.96. The molecule has 32 heavy (non-hydrogen) atoms. The first kappa shape index (κ1) is 21.3. The first-order valence-electron chi connectivity index (χ1n) is 9.47. The number of benzene rings is 2. The molecule has 166 valence electrons. The number of nitrogens with zero attached hydrogens (tertiary/aromatic N) is 3. The number of alkyl halides is 3. The summed E-state index contributed by atoms with van der Waals surface area (Å²) in [5.74, 6) is -0.273. The highest BCUT2D eigenvalue weighted by atomic mass is 19.4. The van der Waals surface area contributed by atoms with E-state index in [4.69, 9.17) is 4.74 Å². The topological polar surface area (TPSA) is 78.5 Å². The summed E-state index contributed by atoms with van der Waals surface area (Å²) < 4.78 is 48.8. The second-order valence-electron chi connectivity index (χ2n) is 6.98. The van der Waals surface area contributed by atoms with Crippen molar-refractivity contribution in [3.05, 3.63) is 76.5 Å². The summed E-state index contributed by atoms with van der Waals surface area (Å²) in [6.07, 6.45) is -3.26. The van der Waals surface area contributed by atoms with Gasteiger partial charge in [-0.25, -0.2) is 9.36 Å². The summed E-state index contributed by atoms with van der Waals surface area (Å²) in [5, 5.41) is 11.4. The van der Waals surface area contributed by atoms with E-state index in [1.165, 1.54) is 23.8 Å². The van der Waals surface area contributed by atoms with Crippen LogP contribution in [0.4, 0.5) is 13.2 Å². The number of pyridine rings is 1. The Morgan fingerprint density at radius 3 is 2.44 bits per heavy atom. The molecule has 4 aromatic rings. The van der Waals surface area contributed by atoms with Crippen molar-refractivity contribution in [1.29, 1.82) is 0 Å². The number of rotatable bonds is 5. The standard InChI is InChI=1S/C22H18F3N3O4/c1-13-20(29)28(14-7-9-15(10-8-14)32-22(23,24)25)21(30)27(13)12-17-16-5-3-4-6-18(16)26-11-19(17)31-2/h3-11,29H,12H2,1-2H3. The summed E-state index contributed by atoms with van der Waals surface area (Å²) in [7, 11) is 1.50. The van der Waals surface area contributed by atoms with Crippen LogP contribution in [0.3, 0.4) is 0 Å². The number of ether oxygens (including phenoxy) is 2. The predicted octanol–water partition coefficient (Wildman–Crippen LogP) is 4.16. The number of aromatic nitrogens is 3. The molecule has 0 radical (unpaired) electrons. The van der Waals surface area contributed by atoms with E-state index < -0.39 is 17.8 Å². The van der Waals surface area contributed by atoms with Gasteiger partial charge in [0.05, 0.1) is 36.7 Å². The molecule has 0 fully saturated rings. The first-order chi connectivity index (χ1) is 15.2. The zero-order chi connectivity index (χ0) is 23.0. The molecular formula is C22H18F3N3O4. The Balaban J connectivity index is 1.77. The van der Waals surface area contributed by atoms with E-state index in [2.05, 4.69) is 9.72 Å². The number of aromatic hydroxyl groups is 1. The van der Waals surface area contributed by atoms with Gasteiger partial charge in [-0.1, -0.05) is 18.2 Å². The Labute approximate surface area is 179 Å². The Hall–Kier alpha value is -3.95. The van der Waals surface area contributed by atoms with Gasteiger partial charge >= 0.3 is 12.1 Å². The molecule has 0 spiro atoms. The van der Waals surface area contributed by atoms with Crippen LogP contribution in [0.5, 0.6) is 17.4 Å². The number of imidazole rings is 1. The van der Waals surface area contributed by atoms with Crippen LogP contribution in [0.1, 0.15) is 11.3 Å². The minimum Gasteiger partial charge on any atom is -0.495 e.